The maximum Gasteiger partial charge on any atom is 0.237 e. The van der Waals surface area contributed by atoms with Crippen molar-refractivity contribution in [3.05, 3.63) is 35.4 Å². The van der Waals surface area contributed by atoms with Gasteiger partial charge in [-0.1, -0.05) is 0 Å². The van der Waals surface area contributed by atoms with Crippen LogP contribution >= 0.6 is 0 Å². The van der Waals surface area contributed by atoms with E-state index in [0.717, 1.165) is 38.4 Å². The fourth-order valence-corrected chi connectivity index (χ4v) is 3.99. The Morgan fingerprint density at radius 3 is 2.36 bits per heavy atom. The molecule has 1 aromatic rings. The Morgan fingerprint density at radius 1 is 1.12 bits per heavy atom. The zero-order valence-electron chi connectivity index (χ0n) is 14.1. The first-order chi connectivity index (χ1) is 11.8. The van der Waals surface area contributed by atoms with Crippen LogP contribution in [0.3, 0.4) is 0 Å². The Bertz CT molecular complexity index is 652. The second-order valence-electron chi connectivity index (χ2n) is 7.27. The van der Waals surface area contributed by atoms with E-state index in [2.05, 4.69) is 4.90 Å². The van der Waals surface area contributed by atoms with Gasteiger partial charge >= 0.3 is 0 Å². The third-order valence-electron chi connectivity index (χ3n) is 5.34. The van der Waals surface area contributed by atoms with Gasteiger partial charge in [0, 0.05) is 25.6 Å². The minimum Gasteiger partial charge on any atom is -0.368 e. The highest BCUT2D eigenvalue weighted by Gasteiger charge is 2.41. The van der Waals surface area contributed by atoms with Crippen molar-refractivity contribution in [1.29, 1.82) is 0 Å². The molecule has 0 bridgehead atoms. The number of nitrogens with zero attached hydrogens (tertiary/aromatic N) is 2. The molecule has 0 aliphatic carbocycles. The summed E-state index contributed by atoms with van der Waals surface area (Å²) >= 11 is 0. The molecule has 2 amide bonds. The minimum atomic E-state index is -0.559. The minimum absolute atomic E-state index is 0.0120. The number of likely N-dealkylation sites (tertiary alicyclic amines) is 2. The Hall–Kier alpha value is -2.02. The predicted molar refractivity (Wildman–Crippen MR) is 88.3 cm³/mol. The summed E-state index contributed by atoms with van der Waals surface area (Å²) in [6.07, 6.45) is 3.06. The van der Waals surface area contributed by atoms with Crippen molar-refractivity contribution in [3.63, 3.8) is 0 Å². The van der Waals surface area contributed by atoms with Gasteiger partial charge in [-0.15, -0.1) is 0 Å². The van der Waals surface area contributed by atoms with Crippen LogP contribution in [0.15, 0.2) is 18.2 Å². The number of carbonyl (C=O) groups excluding carboxylic acids is 2. The van der Waals surface area contributed by atoms with Gasteiger partial charge in [-0.05, 0) is 55.5 Å². The summed E-state index contributed by atoms with van der Waals surface area (Å²) in [5.74, 6) is -1.62. The monoisotopic (exact) mass is 351 g/mol. The highest BCUT2D eigenvalue weighted by atomic mass is 19.1. The molecule has 0 saturated carbocycles. The average molecular weight is 351 g/mol. The molecule has 2 fully saturated rings. The number of halogens is 2. The zero-order valence-corrected chi connectivity index (χ0v) is 14.1. The lowest BCUT2D eigenvalue weighted by Gasteiger charge is -2.47. The van der Waals surface area contributed by atoms with E-state index in [9.17, 15) is 18.4 Å². The maximum absolute atomic E-state index is 13.3. The van der Waals surface area contributed by atoms with Gasteiger partial charge in [-0.2, -0.15) is 0 Å². The van der Waals surface area contributed by atoms with Crippen molar-refractivity contribution < 1.29 is 18.4 Å². The van der Waals surface area contributed by atoms with E-state index in [0.29, 0.717) is 25.1 Å². The summed E-state index contributed by atoms with van der Waals surface area (Å²) in [6, 6.07) is 3.60. The quantitative estimate of drug-likeness (QED) is 0.897. The molecular formula is C18H23F2N3O2. The van der Waals surface area contributed by atoms with Crippen LogP contribution in [0.1, 0.15) is 31.2 Å². The summed E-state index contributed by atoms with van der Waals surface area (Å²) in [4.78, 5) is 26.9. The van der Waals surface area contributed by atoms with Gasteiger partial charge in [0.15, 0.2) is 0 Å². The molecular weight excluding hydrogens is 328 g/mol. The molecule has 0 atom stereocenters. The average Bonchev–Trinajstić information content (AvgIpc) is 2.52. The molecule has 2 saturated heterocycles. The smallest absolute Gasteiger partial charge is 0.237 e. The largest absolute Gasteiger partial charge is 0.368 e. The fourth-order valence-electron chi connectivity index (χ4n) is 3.99. The first-order valence-corrected chi connectivity index (χ1v) is 8.59. The lowest BCUT2D eigenvalue weighted by atomic mass is 9.72. The molecule has 136 valence electrons. The molecule has 2 N–H and O–H groups in total. The first kappa shape index (κ1) is 17.8. The zero-order chi connectivity index (χ0) is 18.0. The van der Waals surface area contributed by atoms with Crippen LogP contribution in [0.4, 0.5) is 8.78 Å². The summed E-state index contributed by atoms with van der Waals surface area (Å²) < 4.78 is 26.6. The third kappa shape index (κ3) is 4.34. The number of carbonyl (C=O) groups is 2. The number of primary amides is 1. The molecule has 0 aromatic heterocycles. The van der Waals surface area contributed by atoms with Gasteiger partial charge in [0.1, 0.15) is 11.6 Å². The van der Waals surface area contributed by atoms with Crippen LogP contribution in [-0.4, -0.2) is 47.8 Å². The van der Waals surface area contributed by atoms with E-state index in [4.69, 9.17) is 5.73 Å². The van der Waals surface area contributed by atoms with Gasteiger partial charge < -0.3 is 10.6 Å². The predicted octanol–water partition coefficient (Wildman–Crippen LogP) is 1.65. The van der Waals surface area contributed by atoms with Gasteiger partial charge in [-0.3, -0.25) is 14.5 Å². The summed E-state index contributed by atoms with van der Waals surface area (Å²) in [5.41, 5.74) is 5.88. The van der Waals surface area contributed by atoms with E-state index >= 15 is 0 Å². The number of hydrogen-bond acceptors (Lipinski definition) is 3. The first-order valence-electron chi connectivity index (χ1n) is 8.59. The highest BCUT2D eigenvalue weighted by molar-refractivity contribution is 5.84. The van der Waals surface area contributed by atoms with Crippen LogP contribution in [0.2, 0.25) is 0 Å². The van der Waals surface area contributed by atoms with Crippen molar-refractivity contribution >= 4 is 11.8 Å². The van der Waals surface area contributed by atoms with E-state index in [1.807, 2.05) is 0 Å². The Labute approximate surface area is 145 Å². The van der Waals surface area contributed by atoms with E-state index in [-0.39, 0.29) is 17.9 Å². The normalized spacial score (nSPS) is 20.9. The topological polar surface area (TPSA) is 66.6 Å². The summed E-state index contributed by atoms with van der Waals surface area (Å²) in [6.45, 7) is 2.66. The number of benzene rings is 1. The van der Waals surface area contributed by atoms with Gasteiger partial charge in [0.05, 0.1) is 6.54 Å². The van der Waals surface area contributed by atoms with Crippen LogP contribution in [0, 0.1) is 17.0 Å². The Kier molecular flexibility index (Phi) is 5.03. The van der Waals surface area contributed by atoms with Crippen LogP contribution < -0.4 is 5.73 Å². The van der Waals surface area contributed by atoms with Crippen molar-refractivity contribution in [3.8, 4) is 0 Å². The molecule has 0 unspecified atom stereocenters. The third-order valence-corrected chi connectivity index (χ3v) is 5.34. The van der Waals surface area contributed by atoms with Crippen LogP contribution in [0.5, 0.6) is 0 Å². The van der Waals surface area contributed by atoms with Gasteiger partial charge in [0.2, 0.25) is 11.8 Å². The lowest BCUT2D eigenvalue weighted by molar-refractivity contribution is -0.142. The molecule has 2 heterocycles. The van der Waals surface area contributed by atoms with E-state index in [1.165, 1.54) is 12.1 Å². The number of piperidine rings is 2. The molecule has 3 rings (SSSR count). The summed E-state index contributed by atoms with van der Waals surface area (Å²) in [7, 11) is 0. The molecule has 1 spiro atoms. The second-order valence-corrected chi connectivity index (χ2v) is 7.27. The standard InChI is InChI=1S/C18H23F2N3O2/c19-14-7-13(8-15(20)9-14)10-22-5-3-18(4-6-22)2-1-17(25)23(12-18)11-16(21)24/h7-9H,1-6,10-12H2,(H2,21,24). The molecule has 5 nitrogen and oxygen atoms in total. The Morgan fingerprint density at radius 2 is 1.76 bits per heavy atom. The van der Waals surface area contributed by atoms with Crippen LogP contribution in [-0.2, 0) is 16.1 Å². The maximum atomic E-state index is 13.3. The van der Waals surface area contributed by atoms with Gasteiger partial charge in [-0.25, -0.2) is 8.78 Å². The SMILES string of the molecule is NC(=O)CN1CC2(CCC1=O)CCN(Cc1cc(F)cc(F)c1)CC2. The van der Waals surface area contributed by atoms with Crippen molar-refractivity contribution in [2.24, 2.45) is 11.1 Å². The van der Waals surface area contributed by atoms with Crippen molar-refractivity contribution in [1.82, 2.24) is 9.80 Å². The number of amides is 2. The second kappa shape index (κ2) is 7.07. The number of rotatable bonds is 4. The summed E-state index contributed by atoms with van der Waals surface area (Å²) in [5, 5.41) is 0. The molecule has 1 aromatic carbocycles. The molecule has 0 radical (unpaired) electrons. The molecule has 25 heavy (non-hydrogen) atoms. The highest BCUT2D eigenvalue weighted by Crippen LogP contribution is 2.40. The van der Waals surface area contributed by atoms with Crippen molar-refractivity contribution in [2.75, 3.05) is 26.2 Å². The Balaban J connectivity index is 1.59. The number of nitrogens with two attached hydrogens (primary N) is 1. The van der Waals surface area contributed by atoms with Gasteiger partial charge in [0.25, 0.3) is 0 Å². The van der Waals surface area contributed by atoms with Crippen LogP contribution in [0.25, 0.3) is 0 Å². The van der Waals surface area contributed by atoms with E-state index < -0.39 is 17.5 Å². The fraction of sp³-hybridized carbons (Fsp3) is 0.556. The molecule has 7 heteroatoms. The van der Waals surface area contributed by atoms with Crippen molar-refractivity contribution in [2.45, 2.75) is 32.2 Å². The number of hydrogen-bond donors (Lipinski definition) is 1. The molecule has 2 aliphatic heterocycles. The van der Waals surface area contributed by atoms with E-state index in [1.54, 1.807) is 4.90 Å². The molecule has 2 aliphatic rings. The lowest BCUT2D eigenvalue weighted by Crippen LogP contribution is -2.53.